The van der Waals surface area contributed by atoms with Crippen molar-refractivity contribution in [2.45, 2.75) is 12.3 Å². The SMILES string of the molecule is [B]1c2cccc3c2C(Cc2ccccc2-3)c2cc(N(c3ccccc3)c3ccccc3)cc(-c3cccc4c3[nH]c3ccccc34)c21. The average molecular weight is 598 g/mol. The zero-order valence-corrected chi connectivity index (χ0v) is 25.8. The van der Waals surface area contributed by atoms with Gasteiger partial charge in [-0.25, -0.2) is 0 Å². The number of nitrogens with zero attached hydrogens (tertiary/aromatic N) is 1. The molecule has 8 aromatic rings. The third-order valence-corrected chi connectivity index (χ3v) is 10.2. The van der Waals surface area contributed by atoms with Crippen LogP contribution >= 0.6 is 0 Å². The highest BCUT2D eigenvalue weighted by Gasteiger charge is 2.35. The Hall–Kier alpha value is -5.80. The number of hydrogen-bond acceptors (Lipinski definition) is 1. The van der Waals surface area contributed by atoms with Gasteiger partial charge < -0.3 is 9.88 Å². The smallest absolute Gasteiger partial charge is 0.193 e. The number of rotatable bonds is 4. The molecule has 1 N–H and O–H groups in total. The van der Waals surface area contributed by atoms with Gasteiger partial charge in [0.1, 0.15) is 0 Å². The first-order valence-corrected chi connectivity index (χ1v) is 16.5. The Bertz CT molecular complexity index is 2440. The van der Waals surface area contributed by atoms with E-state index in [4.69, 9.17) is 0 Å². The van der Waals surface area contributed by atoms with Gasteiger partial charge in [-0.2, -0.15) is 0 Å². The van der Waals surface area contributed by atoms with Crippen LogP contribution in [0.1, 0.15) is 22.6 Å². The molecule has 0 spiro atoms. The summed E-state index contributed by atoms with van der Waals surface area (Å²) in [5.74, 6) is 0.255. The lowest BCUT2D eigenvalue weighted by atomic mass is 9.50. The highest BCUT2D eigenvalue weighted by molar-refractivity contribution is 6.70. The van der Waals surface area contributed by atoms with Crippen molar-refractivity contribution in [3.63, 3.8) is 0 Å². The fourth-order valence-corrected chi connectivity index (χ4v) is 8.20. The molecule has 47 heavy (non-hydrogen) atoms. The third kappa shape index (κ3) is 4.06. The molecule has 1 atom stereocenters. The van der Waals surface area contributed by atoms with E-state index in [1.54, 1.807) is 0 Å². The molecule has 0 bridgehead atoms. The Morgan fingerprint density at radius 3 is 2.02 bits per heavy atom. The first-order valence-electron chi connectivity index (χ1n) is 16.5. The minimum absolute atomic E-state index is 0.255. The van der Waals surface area contributed by atoms with E-state index in [9.17, 15) is 0 Å². The predicted octanol–water partition coefficient (Wildman–Crippen LogP) is 9.78. The minimum Gasteiger partial charge on any atom is -0.354 e. The Morgan fingerprint density at radius 1 is 0.532 bits per heavy atom. The molecule has 2 heterocycles. The lowest BCUT2D eigenvalue weighted by molar-refractivity contribution is 0.800. The quantitative estimate of drug-likeness (QED) is 0.200. The Balaban J connectivity index is 1.29. The molecule has 0 fully saturated rings. The van der Waals surface area contributed by atoms with Gasteiger partial charge in [-0.15, -0.1) is 0 Å². The Labute approximate surface area is 275 Å². The normalized spacial score (nSPS) is 14.3. The molecule has 0 amide bonds. The maximum Gasteiger partial charge on any atom is 0.193 e. The zero-order chi connectivity index (χ0) is 30.9. The number of anilines is 3. The summed E-state index contributed by atoms with van der Waals surface area (Å²) in [6.07, 6.45) is 0.983. The van der Waals surface area contributed by atoms with Crippen molar-refractivity contribution in [1.29, 1.82) is 0 Å². The second kappa shape index (κ2) is 10.4. The summed E-state index contributed by atoms with van der Waals surface area (Å²) >= 11 is 0. The molecule has 3 heteroatoms. The molecule has 1 aromatic heterocycles. The van der Waals surface area contributed by atoms with Gasteiger partial charge in [0.2, 0.25) is 0 Å². The number of hydrogen-bond donors (Lipinski definition) is 1. The lowest BCUT2D eigenvalue weighted by Gasteiger charge is -2.37. The predicted molar refractivity (Wildman–Crippen MR) is 198 cm³/mol. The summed E-state index contributed by atoms with van der Waals surface area (Å²) in [5.41, 5.74) is 17.9. The van der Waals surface area contributed by atoms with Gasteiger partial charge in [0.25, 0.3) is 0 Å². The van der Waals surface area contributed by atoms with Crippen molar-refractivity contribution in [3.8, 4) is 22.3 Å². The zero-order valence-electron chi connectivity index (χ0n) is 25.8. The van der Waals surface area contributed by atoms with E-state index in [1.165, 1.54) is 66.2 Å². The fourth-order valence-electron chi connectivity index (χ4n) is 8.20. The molecule has 1 unspecified atom stereocenters. The second-order valence-electron chi connectivity index (χ2n) is 12.8. The average Bonchev–Trinajstić information content (AvgIpc) is 3.52. The van der Waals surface area contributed by atoms with E-state index >= 15 is 0 Å². The largest absolute Gasteiger partial charge is 0.354 e. The number of fused-ring (bicyclic) bond motifs is 7. The van der Waals surface area contributed by atoms with Gasteiger partial charge in [0, 0.05) is 44.8 Å². The highest BCUT2D eigenvalue weighted by Crippen LogP contribution is 2.46. The highest BCUT2D eigenvalue weighted by atomic mass is 15.1. The Kier molecular flexibility index (Phi) is 5.83. The van der Waals surface area contributed by atoms with Crippen LogP contribution < -0.4 is 15.8 Å². The van der Waals surface area contributed by atoms with Crippen LogP contribution in [0.3, 0.4) is 0 Å². The van der Waals surface area contributed by atoms with E-state index in [-0.39, 0.29) is 5.92 Å². The number of aromatic nitrogens is 1. The van der Waals surface area contributed by atoms with Gasteiger partial charge in [0.15, 0.2) is 7.28 Å². The van der Waals surface area contributed by atoms with Gasteiger partial charge >= 0.3 is 0 Å². The van der Waals surface area contributed by atoms with Crippen LogP contribution in [0.5, 0.6) is 0 Å². The maximum atomic E-state index is 3.81. The molecule has 2 nitrogen and oxygen atoms in total. The summed E-state index contributed by atoms with van der Waals surface area (Å²) in [7, 11) is 2.45. The third-order valence-electron chi connectivity index (χ3n) is 10.2. The maximum absolute atomic E-state index is 3.81. The molecule has 0 saturated carbocycles. The first-order chi connectivity index (χ1) is 23.3. The van der Waals surface area contributed by atoms with Crippen LogP contribution in [0, 0.1) is 0 Å². The standard InChI is InChI=1S/C44H30BN2/c1-3-14-29(15-4-1)47(30-16-5-2-6-17-30)31-26-38(36-22-11-21-35-33-19-9-10-24-41(33)46-44(35)36)43-39(27-31)37-25-28-13-7-8-18-32(28)34-20-12-23-40(45-43)42(34)37/h1-24,26-27,37,46H,25H2. The summed E-state index contributed by atoms with van der Waals surface area (Å²) in [4.78, 5) is 6.22. The van der Waals surface area contributed by atoms with Crippen LogP contribution in [0.4, 0.5) is 17.1 Å². The number of aromatic amines is 1. The van der Waals surface area contributed by atoms with E-state index in [1.807, 2.05) is 0 Å². The van der Waals surface area contributed by atoms with Crippen LogP contribution in [0.15, 0.2) is 158 Å². The van der Waals surface area contributed by atoms with Gasteiger partial charge in [-0.1, -0.05) is 126 Å². The summed E-state index contributed by atoms with van der Waals surface area (Å²) in [6.45, 7) is 0. The molecule has 10 rings (SSSR count). The lowest BCUT2D eigenvalue weighted by Crippen LogP contribution is -2.42. The Morgan fingerprint density at radius 2 is 1.19 bits per heavy atom. The van der Waals surface area contributed by atoms with Gasteiger partial charge in [0.05, 0.1) is 5.52 Å². The summed E-state index contributed by atoms with van der Waals surface area (Å²) in [5, 5.41) is 2.51. The minimum atomic E-state index is 0.255. The molecular weight excluding hydrogens is 567 g/mol. The van der Waals surface area contributed by atoms with E-state index in [0.717, 1.165) is 29.0 Å². The number of para-hydroxylation sites is 4. The topological polar surface area (TPSA) is 19.0 Å². The number of H-pyrrole nitrogens is 1. The number of nitrogens with one attached hydrogen (secondary N) is 1. The molecule has 219 valence electrons. The summed E-state index contributed by atoms with van der Waals surface area (Å²) in [6, 6.07) is 57.7. The molecule has 1 aliphatic carbocycles. The molecule has 1 radical (unpaired) electrons. The molecule has 1 aliphatic heterocycles. The molecule has 7 aromatic carbocycles. The summed E-state index contributed by atoms with van der Waals surface area (Å²) < 4.78 is 0. The molecular formula is C44H30BN2. The second-order valence-corrected chi connectivity index (χ2v) is 12.8. The van der Waals surface area contributed by atoms with Crippen molar-refractivity contribution in [2.75, 3.05) is 4.90 Å². The number of benzene rings is 7. The fraction of sp³-hybridized carbons (Fsp3) is 0.0455. The van der Waals surface area contributed by atoms with Crippen LogP contribution in [0.25, 0.3) is 44.1 Å². The van der Waals surface area contributed by atoms with E-state index < -0.39 is 0 Å². The molecule has 2 aliphatic rings. The van der Waals surface area contributed by atoms with Crippen molar-refractivity contribution in [2.24, 2.45) is 0 Å². The van der Waals surface area contributed by atoms with Crippen molar-refractivity contribution in [1.82, 2.24) is 4.98 Å². The van der Waals surface area contributed by atoms with Crippen molar-refractivity contribution in [3.05, 3.63) is 174 Å². The first kappa shape index (κ1) is 26.4. The van der Waals surface area contributed by atoms with Gasteiger partial charge in [-0.3, -0.25) is 0 Å². The van der Waals surface area contributed by atoms with Crippen molar-refractivity contribution >= 4 is 57.1 Å². The van der Waals surface area contributed by atoms with Crippen LogP contribution in [-0.2, 0) is 6.42 Å². The molecule has 0 saturated heterocycles. The monoisotopic (exact) mass is 597 g/mol. The van der Waals surface area contributed by atoms with E-state index in [2.05, 4.69) is 175 Å². The van der Waals surface area contributed by atoms with E-state index in [0.29, 0.717) is 0 Å². The van der Waals surface area contributed by atoms with Crippen molar-refractivity contribution < 1.29 is 0 Å². The van der Waals surface area contributed by atoms with Crippen LogP contribution in [0.2, 0.25) is 0 Å². The van der Waals surface area contributed by atoms with Crippen LogP contribution in [-0.4, -0.2) is 12.3 Å². The van der Waals surface area contributed by atoms with Gasteiger partial charge in [-0.05, 0) is 82.3 Å².